The highest BCUT2D eigenvalue weighted by atomic mass is 35.5. The average molecular weight is 387 g/mol. The number of aryl methyl sites for hydroxylation is 1. The van der Waals surface area contributed by atoms with E-state index in [1.807, 2.05) is 48.8 Å². The summed E-state index contributed by atoms with van der Waals surface area (Å²) in [5.74, 6) is 0.272. The van der Waals surface area contributed by atoms with Crippen LogP contribution in [-0.2, 0) is 6.54 Å². The van der Waals surface area contributed by atoms with Crippen LogP contribution in [0.2, 0.25) is 5.02 Å². The first-order chi connectivity index (χ1) is 13.7. The molecule has 2 N–H and O–H groups in total. The van der Waals surface area contributed by atoms with Crippen molar-refractivity contribution < 1.29 is 5.11 Å². The van der Waals surface area contributed by atoms with Crippen molar-refractivity contribution in [3.63, 3.8) is 0 Å². The summed E-state index contributed by atoms with van der Waals surface area (Å²) in [5, 5.41) is 15.3. The molecule has 28 heavy (non-hydrogen) atoms. The van der Waals surface area contributed by atoms with E-state index < -0.39 is 0 Å². The number of hydrogen-bond acceptors (Lipinski definition) is 1. The van der Waals surface area contributed by atoms with E-state index in [9.17, 15) is 5.11 Å². The Morgan fingerprint density at radius 1 is 0.964 bits per heavy atom. The van der Waals surface area contributed by atoms with Crippen LogP contribution in [-0.4, -0.2) is 14.7 Å². The Morgan fingerprint density at radius 3 is 2.61 bits per heavy atom. The fraction of sp³-hybridized carbons (Fsp3) is 0.0833. The summed E-state index contributed by atoms with van der Waals surface area (Å²) in [6.07, 6.45) is 6.84. The molecular formula is C24H19ClN2O. The number of phenolic OH excluding ortho intramolecular Hbond substituents is 1. The topological polar surface area (TPSA) is 41.0 Å². The van der Waals surface area contributed by atoms with Gasteiger partial charge in [0.1, 0.15) is 5.75 Å². The van der Waals surface area contributed by atoms with Crippen molar-refractivity contribution in [2.75, 3.05) is 0 Å². The normalized spacial score (nSPS) is 11.6. The molecule has 0 fully saturated rings. The van der Waals surface area contributed by atoms with Gasteiger partial charge in [-0.05, 0) is 42.3 Å². The largest absolute Gasteiger partial charge is 0.508 e. The number of rotatable bonds is 4. The number of aromatic nitrogens is 2. The lowest BCUT2D eigenvalue weighted by Crippen LogP contribution is -1.96. The lowest BCUT2D eigenvalue weighted by Gasteiger charge is -2.10. The summed E-state index contributed by atoms with van der Waals surface area (Å²) >= 11 is 6.54. The number of nitrogens with zero attached hydrogens (tertiary/aromatic N) is 1. The lowest BCUT2D eigenvalue weighted by atomic mass is 9.97. The van der Waals surface area contributed by atoms with E-state index in [0.29, 0.717) is 0 Å². The second-order valence-electron chi connectivity index (χ2n) is 7.01. The number of nitrogens with one attached hydrogen (secondary N) is 1. The molecular weight excluding hydrogens is 368 g/mol. The third-order valence-corrected chi connectivity index (χ3v) is 5.72. The van der Waals surface area contributed by atoms with Gasteiger partial charge in [0.05, 0.1) is 5.52 Å². The van der Waals surface area contributed by atoms with Gasteiger partial charge in [-0.1, -0.05) is 35.9 Å². The summed E-state index contributed by atoms with van der Waals surface area (Å²) in [6.45, 7) is 4.70. The molecule has 0 radical (unpaired) electrons. The quantitative estimate of drug-likeness (QED) is 0.325. The zero-order valence-corrected chi connectivity index (χ0v) is 16.0. The maximum absolute atomic E-state index is 10.1. The number of allylic oxidation sites excluding steroid dienone is 1. The fourth-order valence-corrected chi connectivity index (χ4v) is 4.40. The van der Waals surface area contributed by atoms with Crippen molar-refractivity contribution in [2.24, 2.45) is 0 Å². The summed E-state index contributed by atoms with van der Waals surface area (Å²) in [7, 11) is 0. The summed E-state index contributed by atoms with van der Waals surface area (Å²) < 4.78 is 2.30. The first-order valence-electron chi connectivity index (χ1n) is 9.29. The van der Waals surface area contributed by atoms with Gasteiger partial charge in [-0.3, -0.25) is 0 Å². The molecule has 0 bridgehead atoms. The molecule has 3 aromatic carbocycles. The van der Waals surface area contributed by atoms with Crippen LogP contribution in [0.5, 0.6) is 5.75 Å². The van der Waals surface area contributed by atoms with Gasteiger partial charge >= 0.3 is 0 Å². The van der Waals surface area contributed by atoms with E-state index in [1.165, 1.54) is 0 Å². The number of aromatic amines is 1. The van der Waals surface area contributed by atoms with E-state index in [2.05, 4.69) is 28.3 Å². The highest BCUT2D eigenvalue weighted by Gasteiger charge is 2.18. The van der Waals surface area contributed by atoms with Crippen LogP contribution in [0, 0.1) is 0 Å². The minimum Gasteiger partial charge on any atom is -0.508 e. The SMILES string of the molecule is C=CCCn1c2ccc(O)cc2c2c3c[nH]cc3c(-c3ccccc3Cl)cc21. The molecule has 0 saturated carbocycles. The van der Waals surface area contributed by atoms with Crippen LogP contribution < -0.4 is 0 Å². The molecule has 0 aliphatic heterocycles. The van der Waals surface area contributed by atoms with Crippen molar-refractivity contribution in [1.82, 2.24) is 9.55 Å². The number of H-pyrrole nitrogens is 1. The predicted molar refractivity (Wildman–Crippen MR) is 118 cm³/mol. The number of halogens is 1. The Balaban J connectivity index is 1.97. The van der Waals surface area contributed by atoms with Gasteiger partial charge < -0.3 is 14.7 Å². The van der Waals surface area contributed by atoms with Gasteiger partial charge in [-0.2, -0.15) is 0 Å². The predicted octanol–water partition coefficient (Wildman–Crippen LogP) is 6.88. The molecule has 5 rings (SSSR count). The first kappa shape index (κ1) is 17.0. The monoisotopic (exact) mass is 386 g/mol. The van der Waals surface area contributed by atoms with Crippen molar-refractivity contribution in [2.45, 2.75) is 13.0 Å². The van der Waals surface area contributed by atoms with Gasteiger partial charge in [0, 0.05) is 56.6 Å². The minimum atomic E-state index is 0.272. The van der Waals surface area contributed by atoms with E-state index >= 15 is 0 Å². The molecule has 4 heteroatoms. The van der Waals surface area contributed by atoms with Crippen LogP contribution in [0.1, 0.15) is 6.42 Å². The summed E-state index contributed by atoms with van der Waals surface area (Å²) in [5.41, 5.74) is 4.35. The lowest BCUT2D eigenvalue weighted by molar-refractivity contribution is 0.476. The number of fused-ring (bicyclic) bond motifs is 5. The molecule has 0 atom stereocenters. The minimum absolute atomic E-state index is 0.272. The third kappa shape index (κ3) is 2.44. The molecule has 5 aromatic rings. The molecule has 0 amide bonds. The zero-order chi connectivity index (χ0) is 19.3. The maximum Gasteiger partial charge on any atom is 0.116 e. The van der Waals surface area contributed by atoms with Crippen molar-refractivity contribution in [3.8, 4) is 16.9 Å². The number of benzene rings is 3. The van der Waals surface area contributed by atoms with E-state index in [0.717, 1.165) is 61.7 Å². The van der Waals surface area contributed by atoms with Crippen LogP contribution >= 0.6 is 11.6 Å². The van der Waals surface area contributed by atoms with Crippen LogP contribution in [0.25, 0.3) is 43.7 Å². The van der Waals surface area contributed by atoms with Crippen molar-refractivity contribution >= 4 is 44.2 Å². The molecule has 2 aromatic heterocycles. The Hall–Kier alpha value is -3.17. The van der Waals surface area contributed by atoms with Crippen LogP contribution in [0.15, 0.2) is 73.6 Å². The van der Waals surface area contributed by atoms with Crippen LogP contribution in [0.4, 0.5) is 0 Å². The molecule has 3 nitrogen and oxygen atoms in total. The van der Waals surface area contributed by atoms with Gasteiger partial charge in [0.25, 0.3) is 0 Å². The van der Waals surface area contributed by atoms with Crippen LogP contribution in [0.3, 0.4) is 0 Å². The average Bonchev–Trinajstić information content (AvgIpc) is 3.28. The highest BCUT2D eigenvalue weighted by Crippen LogP contribution is 2.42. The molecule has 0 saturated heterocycles. The van der Waals surface area contributed by atoms with E-state index in [-0.39, 0.29) is 5.75 Å². The fourth-order valence-electron chi connectivity index (χ4n) is 4.17. The van der Waals surface area contributed by atoms with E-state index in [1.54, 1.807) is 6.07 Å². The number of phenols is 1. The molecule has 0 spiro atoms. The van der Waals surface area contributed by atoms with Gasteiger partial charge in [0.15, 0.2) is 0 Å². The molecule has 138 valence electrons. The summed E-state index contributed by atoms with van der Waals surface area (Å²) in [4.78, 5) is 3.26. The van der Waals surface area contributed by atoms with Gasteiger partial charge in [-0.25, -0.2) is 0 Å². The standard InChI is InChI=1S/C24H19ClN2O/c1-2-3-10-27-22-9-8-15(28)11-18(22)24-20-14-26-13-19(20)17(12-23(24)27)16-6-4-5-7-21(16)25/h2,4-9,11-14,26,28H,1,3,10H2. The highest BCUT2D eigenvalue weighted by molar-refractivity contribution is 6.34. The maximum atomic E-state index is 10.1. The third-order valence-electron chi connectivity index (χ3n) is 5.39. The number of hydrogen-bond donors (Lipinski definition) is 2. The van der Waals surface area contributed by atoms with Crippen molar-refractivity contribution in [1.29, 1.82) is 0 Å². The first-order valence-corrected chi connectivity index (χ1v) is 9.67. The molecule has 2 heterocycles. The molecule has 0 aliphatic rings. The Kier molecular flexibility index (Phi) is 3.92. The number of aromatic hydroxyl groups is 1. The Bertz CT molecular complexity index is 1360. The second-order valence-corrected chi connectivity index (χ2v) is 7.42. The zero-order valence-electron chi connectivity index (χ0n) is 15.2. The second kappa shape index (κ2) is 6.47. The Labute approximate surface area is 167 Å². The smallest absolute Gasteiger partial charge is 0.116 e. The van der Waals surface area contributed by atoms with Gasteiger partial charge in [-0.15, -0.1) is 6.58 Å². The molecule has 0 aliphatic carbocycles. The van der Waals surface area contributed by atoms with Crippen molar-refractivity contribution in [3.05, 3.63) is 78.6 Å². The van der Waals surface area contributed by atoms with Gasteiger partial charge in [0.2, 0.25) is 0 Å². The Morgan fingerprint density at radius 2 is 1.79 bits per heavy atom. The molecule has 0 unspecified atom stereocenters. The van der Waals surface area contributed by atoms with E-state index in [4.69, 9.17) is 11.6 Å². The summed E-state index contributed by atoms with van der Waals surface area (Å²) in [6, 6.07) is 15.7.